The van der Waals surface area contributed by atoms with Gasteiger partial charge < -0.3 is 14.9 Å². The highest BCUT2D eigenvalue weighted by molar-refractivity contribution is 9.10. The van der Waals surface area contributed by atoms with Gasteiger partial charge in [0.25, 0.3) is 0 Å². The van der Waals surface area contributed by atoms with Crippen LogP contribution in [0.2, 0.25) is 0 Å². The van der Waals surface area contributed by atoms with E-state index in [4.69, 9.17) is 14.9 Å². The van der Waals surface area contributed by atoms with Gasteiger partial charge in [0.1, 0.15) is 11.5 Å². The summed E-state index contributed by atoms with van der Waals surface area (Å²) in [5.74, 6) is 1.97. The summed E-state index contributed by atoms with van der Waals surface area (Å²) in [5, 5.41) is 0. The van der Waals surface area contributed by atoms with Gasteiger partial charge in [0.15, 0.2) is 6.10 Å². The third-order valence-electron chi connectivity index (χ3n) is 3.15. The Morgan fingerprint density at radius 3 is 2.50 bits per heavy atom. The van der Waals surface area contributed by atoms with Gasteiger partial charge in [-0.15, -0.1) is 0 Å². The van der Waals surface area contributed by atoms with E-state index in [-0.39, 0.29) is 12.1 Å². The van der Waals surface area contributed by atoms with Crippen LogP contribution in [0.4, 0.5) is 0 Å². The van der Waals surface area contributed by atoms with E-state index >= 15 is 0 Å². The topological polar surface area (TPSA) is 48.4 Å². The summed E-state index contributed by atoms with van der Waals surface area (Å²) in [6.07, 6.45) is 1.35. The molecule has 0 spiro atoms. The van der Waals surface area contributed by atoms with E-state index in [1.54, 1.807) is 6.26 Å². The minimum absolute atomic E-state index is 0.162. The van der Waals surface area contributed by atoms with Crippen molar-refractivity contribution in [3.63, 3.8) is 0 Å². The van der Waals surface area contributed by atoms with Crippen LogP contribution in [0.5, 0.6) is 5.75 Å². The number of furan rings is 1. The Labute approximate surface area is 128 Å². The van der Waals surface area contributed by atoms with Crippen LogP contribution in [0.25, 0.3) is 0 Å². The zero-order valence-electron chi connectivity index (χ0n) is 12.0. The van der Waals surface area contributed by atoms with Crippen LogP contribution >= 0.6 is 15.9 Å². The summed E-state index contributed by atoms with van der Waals surface area (Å²) in [5.41, 5.74) is 7.19. The molecule has 1 aromatic carbocycles. The van der Waals surface area contributed by atoms with Crippen molar-refractivity contribution < 1.29 is 9.15 Å². The SMILES string of the molecule is CC(C)c1cc(Br)ccc1OC(c1ccco1)C(C)N. The molecule has 0 fully saturated rings. The number of nitrogens with two attached hydrogens (primary N) is 1. The molecule has 0 aliphatic carbocycles. The Morgan fingerprint density at radius 1 is 1.20 bits per heavy atom. The number of halogens is 1. The molecule has 1 heterocycles. The van der Waals surface area contributed by atoms with Crippen LogP contribution in [-0.4, -0.2) is 6.04 Å². The second-order valence-electron chi connectivity index (χ2n) is 5.25. The molecule has 0 amide bonds. The molecule has 0 saturated carbocycles. The quantitative estimate of drug-likeness (QED) is 0.864. The Balaban J connectivity index is 2.32. The van der Waals surface area contributed by atoms with E-state index in [9.17, 15) is 0 Å². The van der Waals surface area contributed by atoms with Gasteiger partial charge in [-0.25, -0.2) is 0 Å². The van der Waals surface area contributed by atoms with Crippen LogP contribution in [0, 0.1) is 0 Å². The van der Waals surface area contributed by atoms with E-state index in [1.165, 1.54) is 0 Å². The molecule has 108 valence electrons. The summed E-state index contributed by atoms with van der Waals surface area (Å²) >= 11 is 3.50. The first kappa shape index (κ1) is 15.1. The molecule has 4 heteroatoms. The van der Waals surface area contributed by atoms with Gasteiger partial charge in [-0.2, -0.15) is 0 Å². The van der Waals surface area contributed by atoms with Gasteiger partial charge in [0.05, 0.1) is 6.26 Å². The Morgan fingerprint density at radius 2 is 1.95 bits per heavy atom. The van der Waals surface area contributed by atoms with E-state index in [0.29, 0.717) is 5.92 Å². The number of benzene rings is 1. The average Bonchev–Trinajstić information content (AvgIpc) is 2.90. The van der Waals surface area contributed by atoms with E-state index < -0.39 is 0 Å². The van der Waals surface area contributed by atoms with Gasteiger partial charge >= 0.3 is 0 Å². The number of hydrogen-bond donors (Lipinski definition) is 1. The van der Waals surface area contributed by atoms with Gasteiger partial charge in [-0.1, -0.05) is 29.8 Å². The van der Waals surface area contributed by atoms with Crippen molar-refractivity contribution in [1.29, 1.82) is 0 Å². The lowest BCUT2D eigenvalue weighted by Gasteiger charge is -2.23. The van der Waals surface area contributed by atoms with Crippen LogP contribution in [-0.2, 0) is 0 Å². The van der Waals surface area contributed by atoms with E-state index in [1.807, 2.05) is 31.2 Å². The molecule has 0 radical (unpaired) electrons. The minimum Gasteiger partial charge on any atom is -0.481 e. The highest BCUT2D eigenvalue weighted by Crippen LogP contribution is 2.33. The van der Waals surface area contributed by atoms with Crippen LogP contribution < -0.4 is 10.5 Å². The minimum atomic E-state index is -0.288. The summed E-state index contributed by atoms with van der Waals surface area (Å²) in [6.45, 7) is 6.20. The van der Waals surface area contributed by atoms with Crippen molar-refractivity contribution in [2.75, 3.05) is 0 Å². The molecule has 3 nitrogen and oxygen atoms in total. The standard InChI is InChI=1S/C16H20BrNO2/c1-10(2)13-9-12(17)6-7-14(13)20-16(11(3)18)15-5-4-8-19-15/h4-11,16H,18H2,1-3H3. The average molecular weight is 338 g/mol. The third kappa shape index (κ3) is 3.44. The lowest BCUT2D eigenvalue weighted by Crippen LogP contribution is -2.29. The molecule has 0 aliphatic heterocycles. The molecule has 0 aliphatic rings. The number of hydrogen-bond acceptors (Lipinski definition) is 3. The van der Waals surface area contributed by atoms with Crippen molar-refractivity contribution >= 4 is 15.9 Å². The molecule has 0 saturated heterocycles. The molecule has 2 rings (SSSR count). The molecular formula is C16H20BrNO2. The predicted octanol–water partition coefficient (Wildman–Crippen LogP) is 4.63. The first-order valence-corrected chi connectivity index (χ1v) is 7.53. The predicted molar refractivity (Wildman–Crippen MR) is 84.0 cm³/mol. The van der Waals surface area contributed by atoms with Crippen molar-refractivity contribution in [2.24, 2.45) is 5.73 Å². The normalized spacial score (nSPS) is 14.3. The van der Waals surface area contributed by atoms with Gasteiger partial charge in [-0.05, 0) is 48.7 Å². The highest BCUT2D eigenvalue weighted by atomic mass is 79.9. The van der Waals surface area contributed by atoms with Crippen molar-refractivity contribution in [2.45, 2.75) is 38.8 Å². The fraction of sp³-hybridized carbons (Fsp3) is 0.375. The number of ether oxygens (including phenoxy) is 1. The maximum Gasteiger partial charge on any atom is 0.171 e. The van der Waals surface area contributed by atoms with E-state index in [2.05, 4.69) is 35.8 Å². The zero-order chi connectivity index (χ0) is 14.7. The monoisotopic (exact) mass is 337 g/mol. The second kappa shape index (κ2) is 6.46. The second-order valence-corrected chi connectivity index (χ2v) is 6.17. The van der Waals surface area contributed by atoms with Gasteiger partial charge in [-0.3, -0.25) is 0 Å². The van der Waals surface area contributed by atoms with E-state index in [0.717, 1.165) is 21.5 Å². The van der Waals surface area contributed by atoms with Crippen molar-refractivity contribution in [1.82, 2.24) is 0 Å². The maximum absolute atomic E-state index is 6.13. The molecular weight excluding hydrogens is 318 g/mol. The molecule has 2 atom stereocenters. The van der Waals surface area contributed by atoms with Crippen LogP contribution in [0.1, 0.15) is 44.1 Å². The summed E-state index contributed by atoms with van der Waals surface area (Å²) < 4.78 is 12.6. The zero-order valence-corrected chi connectivity index (χ0v) is 13.6. The lowest BCUT2D eigenvalue weighted by molar-refractivity contribution is 0.151. The Kier molecular flexibility index (Phi) is 4.89. The maximum atomic E-state index is 6.13. The molecule has 2 N–H and O–H groups in total. The van der Waals surface area contributed by atoms with Crippen molar-refractivity contribution in [3.8, 4) is 5.75 Å². The molecule has 0 bridgehead atoms. The highest BCUT2D eigenvalue weighted by Gasteiger charge is 2.22. The summed E-state index contributed by atoms with van der Waals surface area (Å²) in [7, 11) is 0. The summed E-state index contributed by atoms with van der Waals surface area (Å²) in [4.78, 5) is 0. The van der Waals surface area contributed by atoms with Gasteiger partial charge in [0, 0.05) is 10.5 Å². The fourth-order valence-corrected chi connectivity index (χ4v) is 2.47. The summed E-state index contributed by atoms with van der Waals surface area (Å²) in [6, 6.07) is 9.60. The molecule has 2 aromatic rings. The Bertz CT molecular complexity index is 550. The molecule has 20 heavy (non-hydrogen) atoms. The molecule has 2 unspecified atom stereocenters. The largest absolute Gasteiger partial charge is 0.481 e. The van der Waals surface area contributed by atoms with Crippen molar-refractivity contribution in [3.05, 3.63) is 52.4 Å². The van der Waals surface area contributed by atoms with Gasteiger partial charge in [0.2, 0.25) is 0 Å². The first-order chi connectivity index (χ1) is 9.49. The van der Waals surface area contributed by atoms with Crippen LogP contribution in [0.3, 0.4) is 0 Å². The number of rotatable bonds is 5. The lowest BCUT2D eigenvalue weighted by atomic mass is 10.0. The molecule has 1 aromatic heterocycles. The first-order valence-electron chi connectivity index (χ1n) is 6.74. The third-order valence-corrected chi connectivity index (χ3v) is 3.64. The smallest absolute Gasteiger partial charge is 0.171 e. The fourth-order valence-electron chi connectivity index (χ4n) is 2.09. The van der Waals surface area contributed by atoms with Crippen LogP contribution in [0.15, 0.2) is 45.5 Å². The Hall–Kier alpha value is -1.26.